The van der Waals surface area contributed by atoms with Gasteiger partial charge in [0.1, 0.15) is 5.75 Å². The van der Waals surface area contributed by atoms with Crippen LogP contribution in [0.5, 0.6) is 5.75 Å². The Morgan fingerprint density at radius 2 is 2.00 bits per heavy atom. The van der Waals surface area contributed by atoms with Crippen molar-refractivity contribution in [1.29, 1.82) is 0 Å². The highest BCUT2D eigenvalue weighted by Gasteiger charge is 2.35. The average molecular weight is 369 g/mol. The van der Waals surface area contributed by atoms with Crippen molar-refractivity contribution >= 4 is 21.7 Å². The van der Waals surface area contributed by atoms with Crippen LogP contribution < -0.4 is 4.74 Å². The highest BCUT2D eigenvalue weighted by Crippen LogP contribution is 2.21. The predicted octanol–water partition coefficient (Wildman–Crippen LogP) is 1.19. The summed E-state index contributed by atoms with van der Waals surface area (Å²) in [6, 6.07) is 4.52. The quantitative estimate of drug-likeness (QED) is 0.725. The van der Waals surface area contributed by atoms with Crippen LogP contribution in [0.25, 0.3) is 0 Å². The van der Waals surface area contributed by atoms with Gasteiger partial charge in [0.25, 0.3) is 5.91 Å². The molecule has 1 saturated heterocycles. The Labute approximate surface area is 147 Å². The highest BCUT2D eigenvalue weighted by molar-refractivity contribution is 7.91. The van der Waals surface area contributed by atoms with Gasteiger partial charge in [0.15, 0.2) is 15.9 Å². The first-order chi connectivity index (χ1) is 11.6. The van der Waals surface area contributed by atoms with E-state index in [0.29, 0.717) is 12.2 Å². The molecule has 1 fully saturated rings. The second-order valence-corrected chi connectivity index (χ2v) is 8.47. The summed E-state index contributed by atoms with van der Waals surface area (Å²) >= 11 is 0. The topological polar surface area (TPSA) is 90.0 Å². The molecular formula is C17H23NO6S. The Bertz CT molecular complexity index is 773. The Balaban J connectivity index is 2.02. The smallest absolute Gasteiger partial charge is 0.339 e. The van der Waals surface area contributed by atoms with Crippen LogP contribution in [-0.4, -0.2) is 63.0 Å². The number of aryl methyl sites for hydroxylation is 1. The molecule has 0 radical (unpaired) electrons. The van der Waals surface area contributed by atoms with Gasteiger partial charge in [0.2, 0.25) is 0 Å². The summed E-state index contributed by atoms with van der Waals surface area (Å²) in [5.41, 5.74) is 1.17. The van der Waals surface area contributed by atoms with Crippen molar-refractivity contribution in [3.05, 3.63) is 29.3 Å². The number of likely N-dealkylation sites (N-methyl/N-ethyl adjacent to an activating group) is 1. The number of carbonyl (C=O) groups is 2. The Hall–Kier alpha value is -2.09. The van der Waals surface area contributed by atoms with E-state index in [1.807, 2.05) is 6.92 Å². The predicted molar refractivity (Wildman–Crippen MR) is 92.4 cm³/mol. The lowest BCUT2D eigenvalue weighted by molar-refractivity contribution is -0.140. The summed E-state index contributed by atoms with van der Waals surface area (Å²) < 4.78 is 33.5. The first kappa shape index (κ1) is 19.2. The summed E-state index contributed by atoms with van der Waals surface area (Å²) in [7, 11) is -0.0501. The van der Waals surface area contributed by atoms with Crippen molar-refractivity contribution in [3.8, 4) is 5.75 Å². The number of methoxy groups -OCH3 is 1. The van der Waals surface area contributed by atoms with Crippen LogP contribution in [0.4, 0.5) is 0 Å². The van der Waals surface area contributed by atoms with Crippen molar-refractivity contribution in [3.63, 3.8) is 0 Å². The zero-order chi connectivity index (χ0) is 18.8. The summed E-state index contributed by atoms with van der Waals surface area (Å²) in [6.45, 7) is 3.33. The summed E-state index contributed by atoms with van der Waals surface area (Å²) in [6.07, 6.45) is -0.603. The van der Waals surface area contributed by atoms with E-state index in [4.69, 9.17) is 9.47 Å². The molecule has 1 heterocycles. The van der Waals surface area contributed by atoms with Crippen molar-refractivity contribution in [2.24, 2.45) is 0 Å². The fourth-order valence-electron chi connectivity index (χ4n) is 2.77. The molecule has 0 unspecified atom stereocenters. The van der Waals surface area contributed by atoms with Crippen LogP contribution in [0.3, 0.4) is 0 Å². The van der Waals surface area contributed by atoms with Gasteiger partial charge >= 0.3 is 5.97 Å². The third-order valence-electron chi connectivity index (χ3n) is 4.38. The van der Waals surface area contributed by atoms with Crippen LogP contribution in [0.15, 0.2) is 18.2 Å². The van der Waals surface area contributed by atoms with Crippen LogP contribution >= 0.6 is 0 Å². The number of ether oxygens (including phenoxy) is 2. The average Bonchev–Trinajstić information content (AvgIpc) is 2.93. The lowest BCUT2D eigenvalue weighted by Gasteiger charge is -2.26. The van der Waals surface area contributed by atoms with Crippen molar-refractivity contribution in [2.45, 2.75) is 32.4 Å². The molecule has 0 spiro atoms. The molecule has 7 nitrogen and oxygen atoms in total. The van der Waals surface area contributed by atoms with Gasteiger partial charge in [-0.1, -0.05) is 6.07 Å². The number of hydrogen-bond donors (Lipinski definition) is 0. The second-order valence-electron chi connectivity index (χ2n) is 6.24. The molecule has 1 aromatic carbocycles. The number of nitrogens with zero attached hydrogens (tertiary/aromatic N) is 1. The van der Waals surface area contributed by atoms with E-state index in [1.54, 1.807) is 18.2 Å². The van der Waals surface area contributed by atoms with Crippen LogP contribution in [-0.2, 0) is 19.4 Å². The van der Waals surface area contributed by atoms with Gasteiger partial charge in [-0.2, -0.15) is 0 Å². The summed E-state index contributed by atoms with van der Waals surface area (Å²) in [5.74, 6) is -0.472. The monoisotopic (exact) mass is 369 g/mol. The van der Waals surface area contributed by atoms with Crippen LogP contribution in [0.1, 0.15) is 29.3 Å². The minimum Gasteiger partial charge on any atom is -0.496 e. The number of sulfone groups is 1. The Morgan fingerprint density at radius 1 is 1.32 bits per heavy atom. The van der Waals surface area contributed by atoms with Crippen LogP contribution in [0.2, 0.25) is 0 Å². The summed E-state index contributed by atoms with van der Waals surface area (Å²) in [5, 5.41) is 0. The first-order valence-corrected chi connectivity index (χ1v) is 9.79. The zero-order valence-corrected chi connectivity index (χ0v) is 15.6. The maximum Gasteiger partial charge on any atom is 0.339 e. The largest absolute Gasteiger partial charge is 0.496 e. The molecule has 1 aliphatic rings. The number of benzene rings is 1. The lowest BCUT2D eigenvalue weighted by atomic mass is 10.1. The number of rotatable bonds is 5. The van der Waals surface area contributed by atoms with Gasteiger partial charge in [-0.3, -0.25) is 4.79 Å². The van der Waals surface area contributed by atoms with E-state index in [9.17, 15) is 18.0 Å². The van der Waals surface area contributed by atoms with Gasteiger partial charge in [0.05, 0.1) is 24.2 Å². The number of amides is 1. The van der Waals surface area contributed by atoms with Crippen molar-refractivity contribution in [2.75, 3.05) is 25.7 Å². The van der Waals surface area contributed by atoms with E-state index in [0.717, 1.165) is 5.56 Å². The lowest BCUT2D eigenvalue weighted by Crippen LogP contribution is -2.44. The molecule has 8 heteroatoms. The molecule has 138 valence electrons. The third kappa shape index (κ3) is 4.50. The zero-order valence-electron chi connectivity index (χ0n) is 14.8. The van der Waals surface area contributed by atoms with E-state index in [1.165, 1.54) is 26.0 Å². The SMILES string of the molecule is COc1cc(C(=O)O[C@@H](C)C(=O)N(C)[C@H]2CCS(=O)(=O)C2)ccc1C. The Kier molecular flexibility index (Phi) is 5.72. The van der Waals surface area contributed by atoms with Crippen molar-refractivity contribution in [1.82, 2.24) is 4.90 Å². The van der Waals surface area contributed by atoms with Gasteiger partial charge in [0, 0.05) is 13.1 Å². The van der Waals surface area contributed by atoms with Gasteiger partial charge in [-0.25, -0.2) is 13.2 Å². The van der Waals surface area contributed by atoms with Crippen molar-refractivity contribution < 1.29 is 27.5 Å². The minimum atomic E-state index is -3.09. The van der Waals surface area contributed by atoms with E-state index >= 15 is 0 Å². The molecule has 0 bridgehead atoms. The maximum atomic E-state index is 12.4. The number of hydrogen-bond acceptors (Lipinski definition) is 6. The normalized spacial score (nSPS) is 19.9. The fraction of sp³-hybridized carbons (Fsp3) is 0.529. The number of carbonyl (C=O) groups excluding carboxylic acids is 2. The molecular weight excluding hydrogens is 346 g/mol. The first-order valence-electron chi connectivity index (χ1n) is 7.97. The molecule has 2 atom stereocenters. The van der Waals surface area contributed by atoms with E-state index in [2.05, 4.69) is 0 Å². The molecule has 1 aliphatic heterocycles. The highest BCUT2D eigenvalue weighted by atomic mass is 32.2. The van der Waals surface area contributed by atoms with Gasteiger partial charge in [-0.15, -0.1) is 0 Å². The third-order valence-corrected chi connectivity index (χ3v) is 6.13. The molecule has 2 rings (SSSR count). The van der Waals surface area contributed by atoms with E-state index in [-0.39, 0.29) is 23.1 Å². The minimum absolute atomic E-state index is 0.0505. The standard InChI is InChI=1S/C17H23NO6S/c1-11-5-6-13(9-15(11)23-4)17(20)24-12(2)16(19)18(3)14-7-8-25(21,22)10-14/h5-6,9,12,14H,7-8,10H2,1-4H3/t12-,14-/m0/s1. The molecule has 25 heavy (non-hydrogen) atoms. The molecule has 1 amide bonds. The molecule has 0 aliphatic carbocycles. The molecule has 0 N–H and O–H groups in total. The molecule has 1 aromatic rings. The van der Waals surface area contributed by atoms with Gasteiger partial charge < -0.3 is 14.4 Å². The van der Waals surface area contributed by atoms with Crippen LogP contribution in [0, 0.1) is 6.92 Å². The summed E-state index contributed by atoms with van der Waals surface area (Å²) in [4.78, 5) is 26.0. The van der Waals surface area contributed by atoms with E-state index < -0.39 is 27.8 Å². The maximum absolute atomic E-state index is 12.4. The number of esters is 1. The Morgan fingerprint density at radius 3 is 2.56 bits per heavy atom. The fourth-order valence-corrected chi connectivity index (χ4v) is 4.55. The second kappa shape index (κ2) is 7.43. The molecule has 0 aromatic heterocycles. The van der Waals surface area contributed by atoms with Gasteiger partial charge in [-0.05, 0) is 38.0 Å². The molecule has 0 saturated carbocycles.